The van der Waals surface area contributed by atoms with Gasteiger partial charge in [-0.3, -0.25) is 13.8 Å². The van der Waals surface area contributed by atoms with Crippen molar-refractivity contribution in [2.75, 3.05) is 19.8 Å². The second kappa shape index (κ2) is 42.8. The summed E-state index contributed by atoms with van der Waals surface area (Å²) in [5.41, 5.74) is 5.36. The number of allylic oxidation sites excluding steroid dienone is 17. The maximum Gasteiger partial charge on any atom is 0.472 e. The molecule has 3 atom stereocenters. The molecule has 0 aromatic carbocycles. The summed E-state index contributed by atoms with van der Waals surface area (Å²) in [5.74, 6) is -0.267. The van der Waals surface area contributed by atoms with Gasteiger partial charge in [0.05, 0.1) is 25.4 Å². The van der Waals surface area contributed by atoms with E-state index in [-0.39, 0.29) is 32.1 Å². The third-order valence-electron chi connectivity index (χ3n) is 8.83. The molecule has 0 fully saturated rings. The first kappa shape index (κ1) is 54.2. The standard InChI is InChI=1S/C48H81N2O6P/c1-3-5-7-9-11-13-15-17-19-20-21-22-23-24-25-26-28-30-32-34-36-38-40-42-48(52)50-46(45-56-57(53,54)55-44-43-49)47(51)41-39-37-35-33-31-29-27-18-16-14-12-10-8-6-4-2/h5,7,11,13,17,19,21-22,24-25,28,30-31,33-34,36,39,41,46-47,51H,3-4,6,8-10,12,14-16,18,20,23,26-27,29,32,35,37-38,40,42-45,49H2,1-2H3,(H,50,52)(H,53,54)/b7-5-,13-11-,19-17-,22-21-,25-24-,30-28-,33-31+,36-34-,41-39+. The first-order valence-corrected chi connectivity index (χ1v) is 23.5. The van der Waals surface area contributed by atoms with Crippen LogP contribution < -0.4 is 11.1 Å². The van der Waals surface area contributed by atoms with Crippen molar-refractivity contribution in [1.82, 2.24) is 5.32 Å². The van der Waals surface area contributed by atoms with E-state index < -0.39 is 20.0 Å². The normalized spacial score (nSPS) is 15.1. The van der Waals surface area contributed by atoms with Crippen LogP contribution in [-0.2, 0) is 18.4 Å². The molecule has 0 aliphatic heterocycles. The first-order chi connectivity index (χ1) is 27.9. The summed E-state index contributed by atoms with van der Waals surface area (Å²) in [6.07, 6.45) is 60.0. The molecule has 0 aromatic rings. The molecule has 0 aliphatic carbocycles. The molecule has 3 unspecified atom stereocenters. The summed E-state index contributed by atoms with van der Waals surface area (Å²) in [5, 5.41) is 13.6. The number of aliphatic hydroxyl groups is 1. The average Bonchev–Trinajstić information content (AvgIpc) is 3.20. The van der Waals surface area contributed by atoms with Crippen molar-refractivity contribution >= 4 is 13.7 Å². The third kappa shape index (κ3) is 41.1. The van der Waals surface area contributed by atoms with E-state index in [1.807, 2.05) is 6.08 Å². The van der Waals surface area contributed by atoms with Crippen molar-refractivity contribution < 1.29 is 28.4 Å². The van der Waals surface area contributed by atoms with E-state index in [0.29, 0.717) is 6.42 Å². The Hall–Kier alpha value is -2.84. The number of hydrogen-bond acceptors (Lipinski definition) is 6. The molecular formula is C48H81N2O6P. The number of carbonyl (C=O) groups is 1. The van der Waals surface area contributed by atoms with Gasteiger partial charge >= 0.3 is 7.82 Å². The molecule has 0 bridgehead atoms. The molecule has 57 heavy (non-hydrogen) atoms. The Morgan fingerprint density at radius 3 is 1.56 bits per heavy atom. The van der Waals surface area contributed by atoms with Gasteiger partial charge in [0.25, 0.3) is 0 Å². The van der Waals surface area contributed by atoms with Gasteiger partial charge in [0.15, 0.2) is 0 Å². The number of nitrogens with two attached hydrogens (primary N) is 1. The van der Waals surface area contributed by atoms with Gasteiger partial charge in [0.1, 0.15) is 0 Å². The zero-order valence-electron chi connectivity index (χ0n) is 35.8. The third-order valence-corrected chi connectivity index (χ3v) is 9.82. The number of carbonyl (C=O) groups excluding carboxylic acids is 1. The molecule has 1 amide bonds. The number of unbranched alkanes of at least 4 members (excludes halogenated alkanes) is 11. The predicted molar refractivity (Wildman–Crippen MR) is 244 cm³/mol. The first-order valence-electron chi connectivity index (χ1n) is 22.0. The van der Waals surface area contributed by atoms with Gasteiger partial charge in [-0.15, -0.1) is 0 Å². The Labute approximate surface area is 348 Å². The SMILES string of the molecule is CC/C=C\C/C=C\C/C=C\C/C=C\C/C=C\C/C=C\C/C=C\CCCC(=O)NC(COP(=O)(O)OCCN)C(O)/C=C/CC/C=C/CCCCCCCCCCC. The van der Waals surface area contributed by atoms with Crippen molar-refractivity contribution in [3.05, 3.63) is 109 Å². The topological polar surface area (TPSA) is 131 Å². The molecular weight excluding hydrogens is 732 g/mol. The van der Waals surface area contributed by atoms with Crippen LogP contribution in [0, 0.1) is 0 Å². The van der Waals surface area contributed by atoms with Crippen LogP contribution in [0.4, 0.5) is 0 Å². The summed E-state index contributed by atoms with van der Waals surface area (Å²) in [6, 6.07) is -0.915. The van der Waals surface area contributed by atoms with Crippen LogP contribution in [0.3, 0.4) is 0 Å². The van der Waals surface area contributed by atoms with Gasteiger partial charge in [-0.25, -0.2) is 4.57 Å². The average molecular weight is 813 g/mol. The highest BCUT2D eigenvalue weighted by molar-refractivity contribution is 7.47. The number of phosphoric ester groups is 1. The summed E-state index contributed by atoms with van der Waals surface area (Å²) >= 11 is 0. The Bertz CT molecular complexity index is 1250. The fourth-order valence-electron chi connectivity index (χ4n) is 5.55. The lowest BCUT2D eigenvalue weighted by Gasteiger charge is -2.23. The molecule has 0 aliphatic rings. The van der Waals surface area contributed by atoms with Crippen molar-refractivity contribution in [2.24, 2.45) is 5.73 Å². The van der Waals surface area contributed by atoms with Crippen LogP contribution in [-0.4, -0.2) is 47.8 Å². The second-order valence-electron chi connectivity index (χ2n) is 14.2. The van der Waals surface area contributed by atoms with Crippen LogP contribution in [0.25, 0.3) is 0 Å². The van der Waals surface area contributed by atoms with Crippen LogP contribution in [0.5, 0.6) is 0 Å². The Morgan fingerprint density at radius 1 is 0.596 bits per heavy atom. The quantitative estimate of drug-likeness (QED) is 0.0276. The monoisotopic (exact) mass is 813 g/mol. The van der Waals surface area contributed by atoms with Gasteiger partial charge < -0.3 is 21.1 Å². The molecule has 5 N–H and O–H groups in total. The van der Waals surface area contributed by atoms with Crippen molar-refractivity contribution in [2.45, 2.75) is 167 Å². The molecule has 9 heteroatoms. The van der Waals surface area contributed by atoms with Crippen LogP contribution in [0.2, 0.25) is 0 Å². The Morgan fingerprint density at radius 2 is 1.04 bits per heavy atom. The van der Waals surface area contributed by atoms with E-state index >= 15 is 0 Å². The molecule has 8 nitrogen and oxygen atoms in total. The summed E-state index contributed by atoms with van der Waals surface area (Å²) < 4.78 is 22.1. The number of phosphoric acid groups is 1. The number of amides is 1. The predicted octanol–water partition coefficient (Wildman–Crippen LogP) is 12.6. The number of nitrogens with one attached hydrogen (secondary N) is 1. The molecule has 0 spiro atoms. The minimum Gasteiger partial charge on any atom is -0.387 e. The molecule has 0 radical (unpaired) electrons. The largest absolute Gasteiger partial charge is 0.472 e. The van der Waals surface area contributed by atoms with Gasteiger partial charge in [-0.05, 0) is 83.5 Å². The lowest BCUT2D eigenvalue weighted by Crippen LogP contribution is -2.45. The molecule has 0 heterocycles. The van der Waals surface area contributed by atoms with Gasteiger partial charge in [-0.1, -0.05) is 175 Å². The zero-order chi connectivity index (χ0) is 41.8. The van der Waals surface area contributed by atoms with Crippen molar-refractivity contribution in [3.63, 3.8) is 0 Å². The van der Waals surface area contributed by atoms with E-state index in [1.54, 1.807) is 6.08 Å². The fraction of sp³-hybridized carbons (Fsp3) is 0.604. The summed E-state index contributed by atoms with van der Waals surface area (Å²) in [7, 11) is -4.37. The van der Waals surface area contributed by atoms with Crippen molar-refractivity contribution in [3.8, 4) is 0 Å². The van der Waals surface area contributed by atoms with Crippen LogP contribution in [0.1, 0.15) is 155 Å². The molecule has 0 aromatic heterocycles. The number of hydrogen-bond donors (Lipinski definition) is 4. The lowest BCUT2D eigenvalue weighted by molar-refractivity contribution is -0.122. The fourth-order valence-corrected chi connectivity index (χ4v) is 6.31. The Kier molecular flexibility index (Phi) is 40.6. The second-order valence-corrected chi connectivity index (χ2v) is 15.6. The van der Waals surface area contributed by atoms with Crippen LogP contribution >= 0.6 is 7.82 Å². The summed E-state index contributed by atoms with van der Waals surface area (Å²) in [4.78, 5) is 22.7. The van der Waals surface area contributed by atoms with E-state index in [4.69, 9.17) is 14.8 Å². The van der Waals surface area contributed by atoms with Crippen molar-refractivity contribution in [1.29, 1.82) is 0 Å². The lowest BCUT2D eigenvalue weighted by atomic mass is 10.1. The number of rotatable bonds is 39. The zero-order valence-corrected chi connectivity index (χ0v) is 36.7. The van der Waals surface area contributed by atoms with Gasteiger partial charge in [0.2, 0.25) is 5.91 Å². The maximum absolute atomic E-state index is 12.7. The summed E-state index contributed by atoms with van der Waals surface area (Å²) in [6.45, 7) is 3.92. The van der Waals surface area contributed by atoms with Crippen LogP contribution in [0.15, 0.2) is 109 Å². The molecule has 0 saturated heterocycles. The van der Waals surface area contributed by atoms with Gasteiger partial charge in [-0.2, -0.15) is 0 Å². The Balaban J connectivity index is 4.40. The molecule has 324 valence electrons. The molecule has 0 saturated carbocycles. The highest BCUT2D eigenvalue weighted by Gasteiger charge is 2.26. The van der Waals surface area contributed by atoms with E-state index in [0.717, 1.165) is 70.6 Å². The van der Waals surface area contributed by atoms with E-state index in [1.165, 1.54) is 57.8 Å². The highest BCUT2D eigenvalue weighted by Crippen LogP contribution is 2.43. The van der Waals surface area contributed by atoms with E-state index in [2.05, 4.69) is 116 Å². The van der Waals surface area contributed by atoms with E-state index in [9.17, 15) is 19.4 Å². The highest BCUT2D eigenvalue weighted by atomic mass is 31.2. The minimum absolute atomic E-state index is 0.0584. The minimum atomic E-state index is -4.37. The smallest absolute Gasteiger partial charge is 0.387 e. The maximum atomic E-state index is 12.7. The van der Waals surface area contributed by atoms with Gasteiger partial charge in [0, 0.05) is 13.0 Å². The number of aliphatic hydroxyl groups excluding tert-OH is 1. The molecule has 0 rings (SSSR count).